The van der Waals surface area contributed by atoms with Crippen molar-refractivity contribution in [2.24, 2.45) is 5.92 Å². The van der Waals surface area contributed by atoms with Crippen LogP contribution < -0.4 is 5.32 Å². The Labute approximate surface area is 136 Å². The van der Waals surface area contributed by atoms with Crippen LogP contribution in [0.2, 0.25) is 0 Å². The Bertz CT molecular complexity index is 677. The number of carbonyl (C=O) groups excluding carboxylic acids is 1. The average Bonchev–Trinajstić information content (AvgIpc) is 3.27. The smallest absolute Gasteiger partial charge is 0.238 e. The molecule has 1 amide bonds. The predicted molar refractivity (Wildman–Crippen MR) is 87.5 cm³/mol. The molecule has 120 valence electrons. The van der Waals surface area contributed by atoms with Gasteiger partial charge in [-0.25, -0.2) is 4.98 Å². The van der Waals surface area contributed by atoms with E-state index in [4.69, 9.17) is 0 Å². The molecule has 2 heterocycles. The topological polar surface area (TPSA) is 61.0 Å². The van der Waals surface area contributed by atoms with Gasteiger partial charge in [-0.1, -0.05) is 30.3 Å². The van der Waals surface area contributed by atoms with E-state index in [0.29, 0.717) is 13.0 Å². The van der Waals surface area contributed by atoms with Gasteiger partial charge in [0.05, 0.1) is 23.8 Å². The summed E-state index contributed by atoms with van der Waals surface area (Å²) < 4.78 is 0. The molecule has 23 heavy (non-hydrogen) atoms. The van der Waals surface area contributed by atoms with Gasteiger partial charge in [0, 0.05) is 26.1 Å². The fraction of sp³-hybridized carbons (Fsp3) is 0.444. The van der Waals surface area contributed by atoms with E-state index in [1.54, 1.807) is 6.33 Å². The minimum absolute atomic E-state index is 0.102. The summed E-state index contributed by atoms with van der Waals surface area (Å²) in [5.41, 5.74) is 3.33. The molecule has 1 aliphatic heterocycles. The van der Waals surface area contributed by atoms with Gasteiger partial charge in [0.15, 0.2) is 0 Å². The number of aromatic nitrogens is 2. The van der Waals surface area contributed by atoms with E-state index >= 15 is 0 Å². The highest BCUT2D eigenvalue weighted by molar-refractivity contribution is 5.82. The molecule has 1 aromatic heterocycles. The number of rotatable bonds is 5. The number of fused-ring (bicyclic) bond motifs is 1. The van der Waals surface area contributed by atoms with E-state index in [2.05, 4.69) is 20.2 Å². The number of nitrogens with zero attached hydrogens (tertiary/aromatic N) is 2. The highest BCUT2D eigenvalue weighted by atomic mass is 16.2. The lowest BCUT2D eigenvalue weighted by molar-refractivity contribution is -0.127. The molecule has 2 aromatic rings. The Hall–Kier alpha value is -2.14. The zero-order valence-electron chi connectivity index (χ0n) is 13.2. The molecule has 2 aliphatic rings. The Balaban J connectivity index is 1.44. The lowest BCUT2D eigenvalue weighted by Gasteiger charge is -2.34. The molecule has 1 aliphatic carbocycles. The fourth-order valence-corrected chi connectivity index (χ4v) is 3.27. The van der Waals surface area contributed by atoms with E-state index in [1.807, 2.05) is 30.3 Å². The summed E-state index contributed by atoms with van der Waals surface area (Å²) in [4.78, 5) is 22.6. The SMILES string of the molecule is O=C(NCc1ccccc1)[C@@H]1Cc2nc[nH]c2CN1CC1CC1. The summed E-state index contributed by atoms with van der Waals surface area (Å²) >= 11 is 0. The van der Waals surface area contributed by atoms with Crippen molar-refractivity contribution in [2.45, 2.75) is 38.4 Å². The number of hydrogen-bond acceptors (Lipinski definition) is 3. The van der Waals surface area contributed by atoms with E-state index in [0.717, 1.165) is 36.0 Å². The third-order valence-corrected chi connectivity index (χ3v) is 4.80. The number of hydrogen-bond donors (Lipinski definition) is 2. The summed E-state index contributed by atoms with van der Waals surface area (Å²) in [6, 6.07) is 9.96. The standard InChI is InChI=1S/C18H22N4O/c23-18(19-9-13-4-2-1-3-5-13)17-8-15-16(21-12-20-15)11-22(17)10-14-6-7-14/h1-5,12,14,17H,6-11H2,(H,19,23)(H,20,21)/t17-/m0/s1. The maximum absolute atomic E-state index is 12.7. The number of H-pyrrole nitrogens is 1. The van der Waals surface area contributed by atoms with Crippen LogP contribution in [-0.2, 0) is 24.3 Å². The van der Waals surface area contributed by atoms with Crippen LogP contribution in [0.5, 0.6) is 0 Å². The summed E-state index contributed by atoms with van der Waals surface area (Å²) in [6.45, 7) is 2.40. The first-order chi connectivity index (χ1) is 11.3. The molecular weight excluding hydrogens is 288 g/mol. The Kier molecular flexibility index (Phi) is 3.87. The minimum Gasteiger partial charge on any atom is -0.351 e. The molecule has 5 nitrogen and oxygen atoms in total. The molecule has 0 bridgehead atoms. The lowest BCUT2D eigenvalue weighted by Crippen LogP contribution is -2.50. The molecule has 5 heteroatoms. The number of carbonyl (C=O) groups is 1. The van der Waals surface area contributed by atoms with Crippen LogP contribution in [0.15, 0.2) is 36.7 Å². The predicted octanol–water partition coefficient (Wildman–Crippen LogP) is 1.86. The number of nitrogens with one attached hydrogen (secondary N) is 2. The zero-order valence-corrected chi connectivity index (χ0v) is 13.2. The summed E-state index contributed by atoms with van der Waals surface area (Å²) in [5, 5.41) is 3.10. The average molecular weight is 310 g/mol. The van der Waals surface area contributed by atoms with Gasteiger partial charge in [-0.2, -0.15) is 0 Å². The maximum atomic E-state index is 12.7. The molecule has 0 saturated heterocycles. The van der Waals surface area contributed by atoms with Crippen LogP contribution in [0.1, 0.15) is 29.8 Å². The van der Waals surface area contributed by atoms with Crippen molar-refractivity contribution in [3.05, 3.63) is 53.6 Å². The second kappa shape index (κ2) is 6.16. The molecule has 0 unspecified atom stereocenters. The van der Waals surface area contributed by atoms with Crippen LogP contribution in [0.3, 0.4) is 0 Å². The second-order valence-electron chi connectivity index (χ2n) is 6.62. The summed E-state index contributed by atoms with van der Waals surface area (Å²) in [5.74, 6) is 0.882. The third kappa shape index (κ3) is 3.29. The Morgan fingerprint density at radius 1 is 1.30 bits per heavy atom. The fourth-order valence-electron chi connectivity index (χ4n) is 3.27. The molecule has 0 spiro atoms. The molecule has 1 fully saturated rings. The summed E-state index contributed by atoms with van der Waals surface area (Å²) in [6.07, 6.45) is 5.03. The van der Waals surface area contributed by atoms with Crippen LogP contribution in [0, 0.1) is 5.92 Å². The molecule has 2 N–H and O–H groups in total. The number of benzene rings is 1. The first-order valence-corrected chi connectivity index (χ1v) is 8.36. The number of amides is 1. The van der Waals surface area contributed by atoms with Gasteiger partial charge < -0.3 is 10.3 Å². The Morgan fingerprint density at radius 2 is 2.13 bits per heavy atom. The van der Waals surface area contributed by atoms with Gasteiger partial charge in [0.25, 0.3) is 0 Å². The quantitative estimate of drug-likeness (QED) is 0.886. The van der Waals surface area contributed by atoms with Crippen LogP contribution in [-0.4, -0.2) is 33.4 Å². The molecular formula is C18H22N4O. The van der Waals surface area contributed by atoms with E-state index in [1.165, 1.54) is 12.8 Å². The van der Waals surface area contributed by atoms with Gasteiger partial charge >= 0.3 is 0 Å². The van der Waals surface area contributed by atoms with Crippen molar-refractivity contribution in [1.82, 2.24) is 20.2 Å². The third-order valence-electron chi connectivity index (χ3n) is 4.80. The monoisotopic (exact) mass is 310 g/mol. The highest BCUT2D eigenvalue weighted by Gasteiger charge is 2.36. The number of aromatic amines is 1. The Morgan fingerprint density at radius 3 is 2.91 bits per heavy atom. The minimum atomic E-state index is -0.102. The zero-order chi connectivity index (χ0) is 15.6. The van der Waals surface area contributed by atoms with Gasteiger partial charge in [0.1, 0.15) is 0 Å². The van der Waals surface area contributed by atoms with Crippen molar-refractivity contribution in [3.8, 4) is 0 Å². The number of imidazole rings is 1. The van der Waals surface area contributed by atoms with Crippen molar-refractivity contribution in [2.75, 3.05) is 6.54 Å². The van der Waals surface area contributed by atoms with Crippen LogP contribution in [0.25, 0.3) is 0 Å². The van der Waals surface area contributed by atoms with Crippen molar-refractivity contribution in [3.63, 3.8) is 0 Å². The maximum Gasteiger partial charge on any atom is 0.238 e. The van der Waals surface area contributed by atoms with Gasteiger partial charge in [-0.3, -0.25) is 9.69 Å². The molecule has 4 rings (SSSR count). The van der Waals surface area contributed by atoms with Gasteiger partial charge in [0.2, 0.25) is 5.91 Å². The first kappa shape index (κ1) is 14.5. The summed E-state index contributed by atoms with van der Waals surface area (Å²) in [7, 11) is 0. The molecule has 1 saturated carbocycles. The van der Waals surface area contributed by atoms with Crippen molar-refractivity contribution in [1.29, 1.82) is 0 Å². The highest BCUT2D eigenvalue weighted by Crippen LogP contribution is 2.32. The first-order valence-electron chi connectivity index (χ1n) is 8.36. The van der Waals surface area contributed by atoms with Crippen molar-refractivity contribution < 1.29 is 4.79 Å². The molecule has 0 radical (unpaired) electrons. The van der Waals surface area contributed by atoms with Gasteiger partial charge in [-0.15, -0.1) is 0 Å². The van der Waals surface area contributed by atoms with Crippen LogP contribution >= 0.6 is 0 Å². The normalized spacial score (nSPS) is 21.0. The van der Waals surface area contributed by atoms with Gasteiger partial charge in [-0.05, 0) is 24.3 Å². The lowest BCUT2D eigenvalue weighted by atomic mass is 10.0. The van der Waals surface area contributed by atoms with Crippen molar-refractivity contribution >= 4 is 5.91 Å². The van der Waals surface area contributed by atoms with E-state index in [9.17, 15) is 4.79 Å². The molecule has 1 aromatic carbocycles. The molecule has 1 atom stereocenters. The van der Waals surface area contributed by atoms with Crippen LogP contribution in [0.4, 0.5) is 0 Å². The second-order valence-corrected chi connectivity index (χ2v) is 6.62. The van der Waals surface area contributed by atoms with E-state index < -0.39 is 0 Å². The largest absolute Gasteiger partial charge is 0.351 e. The van der Waals surface area contributed by atoms with E-state index in [-0.39, 0.29) is 11.9 Å².